The third kappa shape index (κ3) is 4.27. The van der Waals surface area contributed by atoms with Crippen molar-refractivity contribution in [3.63, 3.8) is 0 Å². The standard InChI is InChI=1S/C22H26N2O6/c1-12(24-20(27)17-9-4-5-10-18(17)21(24)28)22(29)30-14(3)19(26)23-16-8-6-7-15(11-16)13(2)25/h6-8,11-12,14,17-18H,4-5,9-10H2,1-3H3,(H,23,26)/t12-,14-,17-,18+/m0/s1. The molecule has 30 heavy (non-hydrogen) atoms. The minimum absolute atomic E-state index is 0.139. The smallest absolute Gasteiger partial charge is 0.329 e. The lowest BCUT2D eigenvalue weighted by molar-refractivity contribution is -0.163. The zero-order valence-electron chi connectivity index (χ0n) is 17.3. The molecule has 8 nitrogen and oxygen atoms in total. The summed E-state index contributed by atoms with van der Waals surface area (Å²) < 4.78 is 5.22. The van der Waals surface area contributed by atoms with Gasteiger partial charge in [0.1, 0.15) is 6.04 Å². The molecular formula is C22H26N2O6. The molecule has 1 aromatic carbocycles. The van der Waals surface area contributed by atoms with Gasteiger partial charge in [0.15, 0.2) is 11.9 Å². The van der Waals surface area contributed by atoms with Crippen molar-refractivity contribution in [2.24, 2.45) is 11.8 Å². The lowest BCUT2D eigenvalue weighted by atomic mass is 9.81. The van der Waals surface area contributed by atoms with E-state index < -0.39 is 24.0 Å². The lowest BCUT2D eigenvalue weighted by Crippen LogP contribution is -2.46. The summed E-state index contributed by atoms with van der Waals surface area (Å²) in [5, 5.41) is 2.59. The Labute approximate surface area is 174 Å². The highest BCUT2D eigenvalue weighted by Gasteiger charge is 2.51. The summed E-state index contributed by atoms with van der Waals surface area (Å²) in [4.78, 5) is 62.7. The van der Waals surface area contributed by atoms with Gasteiger partial charge in [-0.25, -0.2) is 4.79 Å². The van der Waals surface area contributed by atoms with Gasteiger partial charge in [0.25, 0.3) is 5.91 Å². The largest absolute Gasteiger partial charge is 0.451 e. The van der Waals surface area contributed by atoms with E-state index in [1.165, 1.54) is 26.8 Å². The minimum atomic E-state index is -1.14. The van der Waals surface area contributed by atoms with Crippen LogP contribution >= 0.6 is 0 Å². The van der Waals surface area contributed by atoms with E-state index in [9.17, 15) is 24.0 Å². The van der Waals surface area contributed by atoms with Gasteiger partial charge in [-0.05, 0) is 45.7 Å². The molecule has 0 spiro atoms. The number of nitrogens with zero attached hydrogens (tertiary/aromatic N) is 1. The van der Waals surface area contributed by atoms with Crippen LogP contribution in [-0.4, -0.2) is 46.5 Å². The Morgan fingerprint density at radius 1 is 1.07 bits per heavy atom. The predicted molar refractivity (Wildman–Crippen MR) is 107 cm³/mol. The summed E-state index contributed by atoms with van der Waals surface area (Å²) >= 11 is 0. The Kier molecular flexibility index (Phi) is 6.34. The van der Waals surface area contributed by atoms with Crippen molar-refractivity contribution in [3.8, 4) is 0 Å². The van der Waals surface area contributed by atoms with Crippen LogP contribution in [-0.2, 0) is 23.9 Å². The first-order valence-corrected chi connectivity index (χ1v) is 10.2. The molecule has 1 saturated heterocycles. The number of fused-ring (bicyclic) bond motifs is 1. The SMILES string of the molecule is CC(=O)c1cccc(NC(=O)[C@H](C)OC(=O)[C@H](C)N2C(=O)[C@H]3CCCC[C@H]3C2=O)c1. The van der Waals surface area contributed by atoms with Crippen molar-refractivity contribution >= 4 is 35.2 Å². The van der Waals surface area contributed by atoms with E-state index >= 15 is 0 Å². The van der Waals surface area contributed by atoms with E-state index in [1.54, 1.807) is 18.2 Å². The molecule has 1 aliphatic carbocycles. The first kappa shape index (κ1) is 21.7. The first-order valence-electron chi connectivity index (χ1n) is 10.2. The average molecular weight is 414 g/mol. The molecule has 4 atom stereocenters. The summed E-state index contributed by atoms with van der Waals surface area (Å²) in [5.74, 6) is -2.88. The second kappa shape index (κ2) is 8.77. The molecule has 160 valence electrons. The van der Waals surface area contributed by atoms with Crippen LogP contribution in [0.25, 0.3) is 0 Å². The fraction of sp³-hybridized carbons (Fsp3) is 0.500. The van der Waals surface area contributed by atoms with Crippen LogP contribution in [0, 0.1) is 11.8 Å². The number of Topliss-reactive ketones (excluding diaryl/α,β-unsaturated/α-hetero) is 1. The molecular weight excluding hydrogens is 388 g/mol. The van der Waals surface area contributed by atoms with Gasteiger partial charge >= 0.3 is 5.97 Å². The summed E-state index contributed by atoms with van der Waals surface area (Å²) in [5.41, 5.74) is 0.844. The van der Waals surface area contributed by atoms with E-state index in [4.69, 9.17) is 4.74 Å². The molecule has 2 aliphatic rings. The van der Waals surface area contributed by atoms with Gasteiger partial charge in [0.2, 0.25) is 11.8 Å². The van der Waals surface area contributed by atoms with Gasteiger partial charge in [-0.2, -0.15) is 0 Å². The molecule has 1 aliphatic heterocycles. The minimum Gasteiger partial charge on any atom is -0.451 e. The molecule has 1 aromatic rings. The van der Waals surface area contributed by atoms with Crippen LogP contribution < -0.4 is 5.32 Å². The van der Waals surface area contributed by atoms with Crippen molar-refractivity contribution < 1.29 is 28.7 Å². The highest BCUT2D eigenvalue weighted by Crippen LogP contribution is 2.38. The number of esters is 1. The number of hydrogen-bond acceptors (Lipinski definition) is 6. The lowest BCUT2D eigenvalue weighted by Gasteiger charge is -2.23. The van der Waals surface area contributed by atoms with Crippen LogP contribution in [0.1, 0.15) is 56.8 Å². The highest BCUT2D eigenvalue weighted by molar-refractivity contribution is 6.08. The second-order valence-corrected chi connectivity index (χ2v) is 7.93. The quantitative estimate of drug-likeness (QED) is 0.435. The van der Waals surface area contributed by atoms with Gasteiger partial charge in [-0.3, -0.25) is 24.1 Å². The summed E-state index contributed by atoms with van der Waals surface area (Å²) in [6.45, 7) is 4.27. The van der Waals surface area contributed by atoms with Crippen LogP contribution in [0.15, 0.2) is 24.3 Å². The van der Waals surface area contributed by atoms with Crippen molar-refractivity contribution in [1.29, 1.82) is 0 Å². The fourth-order valence-electron chi connectivity index (χ4n) is 4.06. The molecule has 1 saturated carbocycles. The number of rotatable bonds is 6. The summed E-state index contributed by atoms with van der Waals surface area (Å²) in [6, 6.07) is 5.32. The number of imide groups is 1. The van der Waals surface area contributed by atoms with Crippen LogP contribution in [0.5, 0.6) is 0 Å². The summed E-state index contributed by atoms with van der Waals surface area (Å²) in [7, 11) is 0. The average Bonchev–Trinajstić information content (AvgIpc) is 2.98. The van der Waals surface area contributed by atoms with Crippen LogP contribution in [0.4, 0.5) is 5.69 Å². The Balaban J connectivity index is 1.61. The number of anilines is 1. The second-order valence-electron chi connectivity index (χ2n) is 7.93. The zero-order valence-corrected chi connectivity index (χ0v) is 17.3. The topological polar surface area (TPSA) is 110 Å². The van der Waals surface area contributed by atoms with Gasteiger partial charge in [-0.15, -0.1) is 0 Å². The third-order valence-electron chi connectivity index (χ3n) is 5.80. The van der Waals surface area contributed by atoms with Crippen molar-refractivity contribution in [2.45, 2.75) is 58.6 Å². The number of likely N-dealkylation sites (tertiary alicyclic amines) is 1. The van der Waals surface area contributed by atoms with E-state index in [1.807, 2.05) is 0 Å². The van der Waals surface area contributed by atoms with Crippen molar-refractivity contribution in [2.75, 3.05) is 5.32 Å². The number of carbonyl (C=O) groups is 5. The fourth-order valence-corrected chi connectivity index (χ4v) is 4.06. The number of ether oxygens (including phenoxy) is 1. The Morgan fingerprint density at radius 2 is 1.67 bits per heavy atom. The van der Waals surface area contributed by atoms with Gasteiger partial charge in [0.05, 0.1) is 11.8 Å². The normalized spacial score (nSPS) is 22.8. The van der Waals surface area contributed by atoms with Gasteiger partial charge in [0, 0.05) is 11.3 Å². The molecule has 0 radical (unpaired) electrons. The third-order valence-corrected chi connectivity index (χ3v) is 5.80. The predicted octanol–water partition coefficient (Wildman–Crippen LogP) is 2.32. The van der Waals surface area contributed by atoms with E-state index in [2.05, 4.69) is 5.32 Å². The van der Waals surface area contributed by atoms with Crippen molar-refractivity contribution in [1.82, 2.24) is 4.90 Å². The maximum absolute atomic E-state index is 12.6. The number of nitrogens with one attached hydrogen (secondary N) is 1. The van der Waals surface area contributed by atoms with E-state index in [0.717, 1.165) is 17.7 Å². The Morgan fingerprint density at radius 3 is 2.23 bits per heavy atom. The maximum Gasteiger partial charge on any atom is 0.329 e. The molecule has 0 bridgehead atoms. The number of benzene rings is 1. The number of amides is 3. The van der Waals surface area contributed by atoms with E-state index in [-0.39, 0.29) is 29.4 Å². The molecule has 0 unspecified atom stereocenters. The molecule has 0 aromatic heterocycles. The Bertz CT molecular complexity index is 871. The first-order chi connectivity index (χ1) is 14.2. The van der Waals surface area contributed by atoms with Gasteiger partial charge < -0.3 is 10.1 Å². The number of hydrogen-bond donors (Lipinski definition) is 1. The van der Waals surface area contributed by atoms with E-state index in [0.29, 0.717) is 24.1 Å². The number of ketones is 1. The Hall–Kier alpha value is -3.03. The molecule has 2 fully saturated rings. The number of carbonyl (C=O) groups excluding carboxylic acids is 5. The molecule has 3 rings (SSSR count). The van der Waals surface area contributed by atoms with Crippen LogP contribution in [0.2, 0.25) is 0 Å². The van der Waals surface area contributed by atoms with Crippen LogP contribution in [0.3, 0.4) is 0 Å². The summed E-state index contributed by atoms with van der Waals surface area (Å²) in [6.07, 6.45) is 1.97. The zero-order chi connectivity index (χ0) is 22.0. The highest BCUT2D eigenvalue weighted by atomic mass is 16.5. The van der Waals surface area contributed by atoms with Gasteiger partial charge in [-0.1, -0.05) is 25.0 Å². The molecule has 1 heterocycles. The molecule has 1 N–H and O–H groups in total. The van der Waals surface area contributed by atoms with Crippen molar-refractivity contribution in [3.05, 3.63) is 29.8 Å². The monoisotopic (exact) mass is 414 g/mol. The molecule has 3 amide bonds. The maximum atomic E-state index is 12.6. The molecule has 8 heteroatoms.